The second-order valence-electron chi connectivity index (χ2n) is 9.39. The number of thiazole rings is 1. The van der Waals surface area contributed by atoms with Crippen LogP contribution in [0.1, 0.15) is 51.8 Å². The van der Waals surface area contributed by atoms with Gasteiger partial charge in [0, 0.05) is 5.56 Å². The summed E-state index contributed by atoms with van der Waals surface area (Å²) in [5.41, 5.74) is 1.99. The molecule has 0 saturated carbocycles. The van der Waals surface area contributed by atoms with Gasteiger partial charge in [0.1, 0.15) is 11.8 Å². The third-order valence-electron chi connectivity index (χ3n) is 6.09. The Morgan fingerprint density at radius 2 is 1.85 bits per heavy atom. The number of benzene rings is 2. The van der Waals surface area contributed by atoms with Crippen molar-refractivity contribution in [2.24, 2.45) is 10.9 Å². The molecule has 1 atom stereocenters. The predicted molar refractivity (Wildman–Crippen MR) is 151 cm³/mol. The van der Waals surface area contributed by atoms with Gasteiger partial charge in [-0.05, 0) is 56.5 Å². The summed E-state index contributed by atoms with van der Waals surface area (Å²) >= 11 is 1.27. The summed E-state index contributed by atoms with van der Waals surface area (Å²) in [5, 5.41) is 0. The van der Waals surface area contributed by atoms with Crippen LogP contribution in [-0.2, 0) is 9.53 Å². The number of rotatable bonds is 10. The molecule has 0 N–H and O–H groups in total. The molecule has 0 saturated heterocycles. The first-order valence-corrected chi connectivity index (χ1v) is 13.8. The maximum absolute atomic E-state index is 13.9. The Hall–Kier alpha value is -3.85. The fraction of sp³-hybridized carbons (Fsp3) is 0.367. The fourth-order valence-corrected chi connectivity index (χ4v) is 5.41. The van der Waals surface area contributed by atoms with Crippen LogP contribution in [0.25, 0.3) is 6.08 Å². The van der Waals surface area contributed by atoms with E-state index >= 15 is 0 Å². The molecule has 0 fully saturated rings. The van der Waals surface area contributed by atoms with Crippen LogP contribution in [0.4, 0.5) is 0 Å². The van der Waals surface area contributed by atoms with E-state index in [1.807, 2.05) is 49.4 Å². The molecule has 9 heteroatoms. The Bertz CT molecular complexity index is 1550. The lowest BCUT2D eigenvalue weighted by Gasteiger charge is -2.26. The molecule has 1 aromatic heterocycles. The summed E-state index contributed by atoms with van der Waals surface area (Å²) < 4.78 is 24.8. The molecule has 3 aromatic rings. The number of ether oxygens (including phenoxy) is 4. The quantitative estimate of drug-likeness (QED) is 0.351. The van der Waals surface area contributed by atoms with Crippen molar-refractivity contribution >= 4 is 23.4 Å². The minimum atomic E-state index is -0.800. The van der Waals surface area contributed by atoms with E-state index < -0.39 is 12.0 Å². The summed E-state index contributed by atoms with van der Waals surface area (Å²) in [6.45, 7) is 10.8. The van der Waals surface area contributed by atoms with Crippen LogP contribution >= 0.6 is 11.3 Å². The lowest BCUT2D eigenvalue weighted by molar-refractivity contribution is -0.139. The monoisotopic (exact) mass is 550 g/mol. The van der Waals surface area contributed by atoms with Gasteiger partial charge in [0.25, 0.3) is 5.56 Å². The Morgan fingerprint density at radius 3 is 2.49 bits per heavy atom. The summed E-state index contributed by atoms with van der Waals surface area (Å²) in [6.07, 6.45) is 1.82. The van der Waals surface area contributed by atoms with Crippen LogP contribution in [-0.4, -0.2) is 37.5 Å². The molecule has 1 aliphatic heterocycles. The van der Waals surface area contributed by atoms with Gasteiger partial charge in [0.15, 0.2) is 16.3 Å². The number of nitrogens with zero attached hydrogens (tertiary/aromatic N) is 2. The van der Waals surface area contributed by atoms with Crippen molar-refractivity contribution in [3.63, 3.8) is 0 Å². The average Bonchev–Trinajstić information content (AvgIpc) is 3.22. The van der Waals surface area contributed by atoms with E-state index in [4.69, 9.17) is 18.9 Å². The summed E-state index contributed by atoms with van der Waals surface area (Å²) in [4.78, 5) is 32.3. The first-order chi connectivity index (χ1) is 18.8. The number of para-hydroxylation sites is 1. The van der Waals surface area contributed by atoms with E-state index in [1.165, 1.54) is 11.3 Å². The highest BCUT2D eigenvalue weighted by Gasteiger charge is 2.35. The number of hydrogen-bond donors (Lipinski definition) is 0. The first-order valence-electron chi connectivity index (χ1n) is 13.0. The van der Waals surface area contributed by atoms with Gasteiger partial charge in [0.05, 0.1) is 42.7 Å². The molecule has 206 valence electrons. The molecule has 0 radical (unpaired) electrons. The molecule has 2 aromatic carbocycles. The zero-order valence-corrected chi connectivity index (χ0v) is 24.0. The zero-order valence-electron chi connectivity index (χ0n) is 23.1. The molecule has 0 amide bonds. The van der Waals surface area contributed by atoms with Crippen molar-refractivity contribution in [3.8, 4) is 17.2 Å². The molecule has 4 rings (SSSR count). The van der Waals surface area contributed by atoms with Crippen molar-refractivity contribution in [1.82, 2.24) is 4.57 Å². The number of carbonyl (C=O) groups is 1. The molecule has 8 nitrogen and oxygen atoms in total. The second kappa shape index (κ2) is 12.3. The number of hydrogen-bond acceptors (Lipinski definition) is 8. The van der Waals surface area contributed by atoms with Crippen LogP contribution in [0.3, 0.4) is 0 Å². The minimum Gasteiger partial charge on any atom is -0.493 e. The van der Waals surface area contributed by atoms with Gasteiger partial charge in [0.2, 0.25) is 0 Å². The Balaban J connectivity index is 1.88. The van der Waals surface area contributed by atoms with Crippen molar-refractivity contribution < 1.29 is 23.7 Å². The van der Waals surface area contributed by atoms with Gasteiger partial charge in [-0.15, -0.1) is 0 Å². The molecule has 0 spiro atoms. The average molecular weight is 551 g/mol. The van der Waals surface area contributed by atoms with E-state index in [2.05, 4.69) is 18.8 Å². The van der Waals surface area contributed by atoms with E-state index in [0.717, 1.165) is 11.3 Å². The standard InChI is InChI=1S/C30H34N2O6S/c1-7-36-27-22(10-9-11-23(27)35-6)26-25(29(34)37-8-2)19(5)31-30-32(26)28(33)24(39-30)16-20-12-14-21(15-13-20)38-17-18(3)4/h9-16,18,26H,7-8,17H2,1-6H3/t26-/m1/s1. The third kappa shape index (κ3) is 5.93. The molecule has 0 unspecified atom stereocenters. The maximum Gasteiger partial charge on any atom is 0.338 e. The van der Waals surface area contributed by atoms with Crippen molar-refractivity contribution in [3.05, 3.63) is 84.5 Å². The van der Waals surface area contributed by atoms with Gasteiger partial charge in [-0.25, -0.2) is 9.79 Å². The highest BCUT2D eigenvalue weighted by Crippen LogP contribution is 2.40. The van der Waals surface area contributed by atoms with E-state index in [9.17, 15) is 9.59 Å². The SMILES string of the molecule is CCOC(=O)C1=C(C)N=c2sc(=Cc3ccc(OCC(C)C)cc3)c(=O)n2[C@@H]1c1cccc(OC)c1OCC. The molecule has 0 aliphatic carbocycles. The largest absolute Gasteiger partial charge is 0.493 e. The Kier molecular flexibility index (Phi) is 8.91. The second-order valence-corrected chi connectivity index (χ2v) is 10.4. The van der Waals surface area contributed by atoms with Gasteiger partial charge in [-0.2, -0.15) is 0 Å². The normalized spacial score (nSPS) is 15.2. The van der Waals surface area contributed by atoms with Gasteiger partial charge >= 0.3 is 5.97 Å². The van der Waals surface area contributed by atoms with Crippen molar-refractivity contribution in [2.75, 3.05) is 26.9 Å². The van der Waals surface area contributed by atoms with Crippen LogP contribution in [0, 0.1) is 5.92 Å². The minimum absolute atomic E-state index is 0.195. The first kappa shape index (κ1) is 28.2. The van der Waals surface area contributed by atoms with E-state index in [0.29, 0.717) is 51.2 Å². The van der Waals surface area contributed by atoms with Gasteiger partial charge in [-0.1, -0.05) is 49.4 Å². The molecular formula is C30H34N2O6S. The number of fused-ring (bicyclic) bond motifs is 1. The van der Waals surface area contributed by atoms with Crippen molar-refractivity contribution in [1.29, 1.82) is 0 Å². The fourth-order valence-electron chi connectivity index (χ4n) is 4.37. The third-order valence-corrected chi connectivity index (χ3v) is 7.07. The predicted octanol–water partition coefficient (Wildman–Crippen LogP) is 4.24. The highest BCUT2D eigenvalue weighted by molar-refractivity contribution is 7.07. The topological polar surface area (TPSA) is 88.4 Å². The summed E-state index contributed by atoms with van der Waals surface area (Å²) in [6, 6.07) is 12.2. The smallest absolute Gasteiger partial charge is 0.338 e. The molecule has 0 bridgehead atoms. The highest BCUT2D eigenvalue weighted by atomic mass is 32.1. The Morgan fingerprint density at radius 1 is 1.10 bits per heavy atom. The molecule has 2 heterocycles. The van der Waals surface area contributed by atoms with E-state index in [-0.39, 0.29) is 17.7 Å². The summed E-state index contributed by atoms with van der Waals surface area (Å²) in [5.74, 6) is 1.65. The number of aromatic nitrogens is 1. The number of esters is 1. The van der Waals surface area contributed by atoms with Crippen LogP contribution in [0.15, 0.2) is 63.5 Å². The number of allylic oxidation sites excluding steroid dienone is 1. The maximum atomic E-state index is 13.9. The van der Waals surface area contributed by atoms with E-state index in [1.54, 1.807) is 31.6 Å². The van der Waals surface area contributed by atoms with Gasteiger partial charge < -0.3 is 18.9 Å². The van der Waals surface area contributed by atoms with Crippen LogP contribution in [0.5, 0.6) is 17.2 Å². The lowest BCUT2D eigenvalue weighted by atomic mass is 9.94. The number of methoxy groups -OCH3 is 1. The zero-order chi connectivity index (χ0) is 28.1. The summed E-state index contributed by atoms with van der Waals surface area (Å²) in [7, 11) is 1.56. The molecule has 1 aliphatic rings. The molecule has 39 heavy (non-hydrogen) atoms. The van der Waals surface area contributed by atoms with Crippen molar-refractivity contribution in [2.45, 2.75) is 40.7 Å². The van der Waals surface area contributed by atoms with Gasteiger partial charge in [-0.3, -0.25) is 9.36 Å². The van der Waals surface area contributed by atoms with Crippen LogP contribution in [0.2, 0.25) is 0 Å². The lowest BCUT2D eigenvalue weighted by Crippen LogP contribution is -2.40. The molecular weight excluding hydrogens is 516 g/mol. The number of carbonyl (C=O) groups excluding carboxylic acids is 1. The Labute approximate surface area is 231 Å². The van der Waals surface area contributed by atoms with Crippen LogP contribution < -0.4 is 29.1 Å².